The summed E-state index contributed by atoms with van der Waals surface area (Å²) in [6.07, 6.45) is 4.07. The number of nitrogens with zero attached hydrogens (tertiary/aromatic N) is 1. The van der Waals surface area contributed by atoms with Crippen molar-refractivity contribution >= 4 is 35.5 Å². The average Bonchev–Trinajstić information content (AvgIpc) is 2.53. The first kappa shape index (κ1) is 15.1. The van der Waals surface area contributed by atoms with Gasteiger partial charge in [-0.3, -0.25) is 0 Å². The molecule has 106 valence electrons. The van der Waals surface area contributed by atoms with E-state index in [0.29, 0.717) is 0 Å². The summed E-state index contributed by atoms with van der Waals surface area (Å²) in [6.45, 7) is 0. The summed E-state index contributed by atoms with van der Waals surface area (Å²) in [6, 6.07) is 20.2. The van der Waals surface area contributed by atoms with Crippen LogP contribution in [0.25, 0.3) is 23.1 Å². The van der Waals surface area contributed by atoms with Crippen molar-refractivity contribution in [3.8, 4) is 5.75 Å². The van der Waals surface area contributed by atoms with Crippen molar-refractivity contribution in [2.75, 3.05) is 7.11 Å². The molecule has 2 aromatic carbocycles. The molecule has 0 aliphatic rings. The van der Waals surface area contributed by atoms with E-state index >= 15 is 0 Å². The lowest BCUT2D eigenvalue weighted by atomic mass is 10.1. The van der Waals surface area contributed by atoms with Gasteiger partial charge in [-0.15, -0.1) is 12.4 Å². The molecule has 0 bridgehead atoms. The first-order chi connectivity index (χ1) is 9.85. The Labute approximate surface area is 130 Å². The second kappa shape index (κ2) is 6.91. The Hall–Kier alpha value is -2.32. The van der Waals surface area contributed by atoms with Gasteiger partial charge in [0, 0.05) is 5.39 Å². The van der Waals surface area contributed by atoms with E-state index in [4.69, 9.17) is 4.74 Å². The van der Waals surface area contributed by atoms with Crippen molar-refractivity contribution in [2.24, 2.45) is 0 Å². The second-order valence-electron chi connectivity index (χ2n) is 4.54. The number of benzene rings is 2. The fourth-order valence-corrected chi connectivity index (χ4v) is 2.07. The Morgan fingerprint density at radius 3 is 2.38 bits per heavy atom. The van der Waals surface area contributed by atoms with Crippen molar-refractivity contribution in [1.29, 1.82) is 0 Å². The molecule has 2 nitrogen and oxygen atoms in total. The van der Waals surface area contributed by atoms with Crippen LogP contribution in [0.5, 0.6) is 5.75 Å². The number of methoxy groups -OCH3 is 1. The lowest BCUT2D eigenvalue weighted by Crippen LogP contribution is -1.83. The van der Waals surface area contributed by atoms with Crippen LogP contribution in [0, 0.1) is 0 Å². The van der Waals surface area contributed by atoms with Crippen molar-refractivity contribution in [3.05, 3.63) is 71.9 Å². The molecule has 0 saturated heterocycles. The lowest BCUT2D eigenvalue weighted by Gasteiger charge is -2.00. The number of fused-ring (bicyclic) bond motifs is 1. The van der Waals surface area contributed by atoms with Crippen molar-refractivity contribution in [3.63, 3.8) is 0 Å². The maximum atomic E-state index is 5.14. The number of hydrogen-bond acceptors (Lipinski definition) is 2. The number of pyridine rings is 1. The molecule has 0 radical (unpaired) electrons. The van der Waals surface area contributed by atoms with Gasteiger partial charge in [-0.2, -0.15) is 0 Å². The highest BCUT2D eigenvalue weighted by molar-refractivity contribution is 5.85. The molecule has 3 aromatic rings. The zero-order chi connectivity index (χ0) is 13.8. The van der Waals surface area contributed by atoms with Gasteiger partial charge >= 0.3 is 0 Å². The first-order valence-corrected chi connectivity index (χ1v) is 6.53. The molecule has 0 atom stereocenters. The number of para-hydroxylation sites is 1. The predicted octanol–water partition coefficient (Wildman–Crippen LogP) is 4.84. The molecular formula is C18H16ClNO. The molecule has 3 rings (SSSR count). The molecule has 0 spiro atoms. The van der Waals surface area contributed by atoms with Gasteiger partial charge in [-0.25, -0.2) is 4.98 Å². The van der Waals surface area contributed by atoms with Gasteiger partial charge in [0.15, 0.2) is 0 Å². The number of ether oxygens (including phenoxy) is 1. The summed E-state index contributed by atoms with van der Waals surface area (Å²) in [5.74, 6) is 0.867. The molecule has 0 N–H and O–H groups in total. The summed E-state index contributed by atoms with van der Waals surface area (Å²) in [5, 5.41) is 1.16. The number of aromatic nitrogens is 1. The molecule has 0 aliphatic carbocycles. The first-order valence-electron chi connectivity index (χ1n) is 6.53. The molecule has 0 fully saturated rings. The van der Waals surface area contributed by atoms with Crippen molar-refractivity contribution < 1.29 is 4.74 Å². The highest BCUT2D eigenvalue weighted by Gasteiger charge is 1.95. The van der Waals surface area contributed by atoms with Crippen molar-refractivity contribution in [2.45, 2.75) is 0 Å². The van der Waals surface area contributed by atoms with E-state index in [9.17, 15) is 0 Å². The molecule has 21 heavy (non-hydrogen) atoms. The van der Waals surface area contributed by atoms with Crippen LogP contribution in [0.2, 0.25) is 0 Å². The highest BCUT2D eigenvalue weighted by Crippen LogP contribution is 2.15. The van der Waals surface area contributed by atoms with E-state index in [0.717, 1.165) is 27.9 Å². The Kier molecular flexibility index (Phi) is 4.96. The Balaban J connectivity index is 0.00000161. The van der Waals surface area contributed by atoms with E-state index in [-0.39, 0.29) is 12.4 Å². The SMILES string of the molecule is COc1ccc(/C=C/c2ccc3ccccc3n2)cc1.Cl. The summed E-state index contributed by atoms with van der Waals surface area (Å²) < 4.78 is 5.14. The third-order valence-corrected chi connectivity index (χ3v) is 3.18. The summed E-state index contributed by atoms with van der Waals surface area (Å²) >= 11 is 0. The third-order valence-electron chi connectivity index (χ3n) is 3.18. The number of rotatable bonds is 3. The van der Waals surface area contributed by atoms with Gasteiger partial charge in [0.25, 0.3) is 0 Å². The van der Waals surface area contributed by atoms with E-state index in [2.05, 4.69) is 23.2 Å². The minimum atomic E-state index is 0. The topological polar surface area (TPSA) is 22.1 Å². The Morgan fingerprint density at radius 2 is 1.62 bits per heavy atom. The monoisotopic (exact) mass is 297 g/mol. The molecule has 1 heterocycles. The Morgan fingerprint density at radius 1 is 0.857 bits per heavy atom. The van der Waals surface area contributed by atoms with E-state index in [1.54, 1.807) is 7.11 Å². The lowest BCUT2D eigenvalue weighted by molar-refractivity contribution is 0.415. The molecule has 0 aliphatic heterocycles. The van der Waals surface area contributed by atoms with E-state index in [1.165, 1.54) is 0 Å². The normalized spacial score (nSPS) is 10.5. The van der Waals surface area contributed by atoms with Gasteiger partial charge in [-0.1, -0.05) is 42.5 Å². The average molecular weight is 298 g/mol. The van der Waals surface area contributed by atoms with Gasteiger partial charge in [0.2, 0.25) is 0 Å². The smallest absolute Gasteiger partial charge is 0.118 e. The number of hydrogen-bond donors (Lipinski definition) is 0. The zero-order valence-corrected chi connectivity index (χ0v) is 12.5. The second-order valence-corrected chi connectivity index (χ2v) is 4.54. The zero-order valence-electron chi connectivity index (χ0n) is 11.7. The quantitative estimate of drug-likeness (QED) is 0.690. The van der Waals surface area contributed by atoms with Crippen LogP contribution in [-0.4, -0.2) is 12.1 Å². The molecule has 0 amide bonds. The van der Waals surface area contributed by atoms with Crippen LogP contribution in [0.4, 0.5) is 0 Å². The molecule has 3 heteroatoms. The van der Waals surface area contributed by atoms with Crippen LogP contribution in [0.1, 0.15) is 11.3 Å². The van der Waals surface area contributed by atoms with Gasteiger partial charge in [-0.05, 0) is 35.9 Å². The van der Waals surface area contributed by atoms with Crippen LogP contribution >= 0.6 is 12.4 Å². The highest BCUT2D eigenvalue weighted by atomic mass is 35.5. The molecule has 0 saturated carbocycles. The minimum absolute atomic E-state index is 0. The third kappa shape index (κ3) is 3.61. The summed E-state index contributed by atoms with van der Waals surface area (Å²) in [4.78, 5) is 4.61. The molecule has 0 unspecified atom stereocenters. The predicted molar refractivity (Wildman–Crippen MR) is 90.9 cm³/mol. The maximum absolute atomic E-state index is 5.14. The standard InChI is InChI=1S/C18H15NO.ClH/c1-20-17-12-7-14(8-13-17)6-10-16-11-9-15-4-2-3-5-18(15)19-16;/h2-13H,1H3;1H/b10-6+;. The van der Waals surface area contributed by atoms with Gasteiger partial charge in [0.1, 0.15) is 5.75 Å². The van der Waals surface area contributed by atoms with Crippen molar-refractivity contribution in [1.82, 2.24) is 4.98 Å². The van der Waals surface area contributed by atoms with Crippen LogP contribution in [-0.2, 0) is 0 Å². The van der Waals surface area contributed by atoms with Gasteiger partial charge in [0.05, 0.1) is 18.3 Å². The van der Waals surface area contributed by atoms with Crippen LogP contribution < -0.4 is 4.74 Å². The summed E-state index contributed by atoms with van der Waals surface area (Å²) in [7, 11) is 1.67. The fraction of sp³-hybridized carbons (Fsp3) is 0.0556. The molecule has 1 aromatic heterocycles. The fourth-order valence-electron chi connectivity index (χ4n) is 2.07. The maximum Gasteiger partial charge on any atom is 0.118 e. The molecular weight excluding hydrogens is 282 g/mol. The largest absolute Gasteiger partial charge is 0.497 e. The van der Waals surface area contributed by atoms with Crippen LogP contribution in [0.3, 0.4) is 0 Å². The van der Waals surface area contributed by atoms with Crippen LogP contribution in [0.15, 0.2) is 60.7 Å². The number of halogens is 1. The van der Waals surface area contributed by atoms with Gasteiger partial charge < -0.3 is 4.74 Å². The Bertz CT molecular complexity index is 751. The minimum Gasteiger partial charge on any atom is -0.497 e. The summed E-state index contributed by atoms with van der Waals surface area (Å²) in [5.41, 5.74) is 3.10. The van der Waals surface area contributed by atoms with E-state index in [1.807, 2.05) is 54.6 Å². The van der Waals surface area contributed by atoms with E-state index < -0.39 is 0 Å².